The third-order valence-electron chi connectivity index (χ3n) is 3.70. The molecule has 2 heterocycles. The molecule has 5 heteroatoms. The van der Waals surface area contributed by atoms with E-state index < -0.39 is 0 Å². The van der Waals surface area contributed by atoms with E-state index in [0.29, 0.717) is 5.92 Å². The zero-order valence-electron chi connectivity index (χ0n) is 10.8. The average Bonchev–Trinajstić information content (AvgIpc) is 2.85. The fraction of sp³-hybridized carbons (Fsp3) is 0.429. The molecule has 0 saturated heterocycles. The largest absolute Gasteiger partial charge is 0.330 e. The van der Waals surface area contributed by atoms with Gasteiger partial charge >= 0.3 is 0 Å². The van der Waals surface area contributed by atoms with Gasteiger partial charge in [-0.1, -0.05) is 0 Å². The summed E-state index contributed by atoms with van der Waals surface area (Å²) in [7, 11) is 0. The summed E-state index contributed by atoms with van der Waals surface area (Å²) in [6.07, 6.45) is 3.21. The molecule has 3 nitrogen and oxygen atoms in total. The Hall–Kier alpha value is -0.780. The predicted octanol–water partition coefficient (Wildman–Crippen LogP) is 3.34. The molecule has 1 atom stereocenters. The fourth-order valence-electron chi connectivity index (χ4n) is 2.60. The van der Waals surface area contributed by atoms with Crippen LogP contribution in [-0.2, 0) is 12.8 Å². The standard InChI is InChI=1S/C14H16BrN3S/c1-8-11-4-9(6-16)2-3-12(11)18-14(17-8)13-5-10(15)7-19-13/h5,7,9H,2-4,6,16H2,1H3. The minimum Gasteiger partial charge on any atom is -0.330 e. The van der Waals surface area contributed by atoms with Crippen molar-refractivity contribution in [2.24, 2.45) is 11.7 Å². The molecule has 1 aliphatic rings. The molecule has 2 N–H and O–H groups in total. The second kappa shape index (κ2) is 5.31. The Morgan fingerprint density at radius 2 is 2.32 bits per heavy atom. The Kier molecular flexibility index (Phi) is 3.69. The van der Waals surface area contributed by atoms with Crippen molar-refractivity contribution < 1.29 is 0 Å². The molecule has 2 aromatic rings. The molecule has 1 unspecified atom stereocenters. The quantitative estimate of drug-likeness (QED) is 0.914. The molecule has 0 aliphatic heterocycles. The monoisotopic (exact) mass is 337 g/mol. The van der Waals surface area contributed by atoms with Gasteiger partial charge in [-0.15, -0.1) is 11.3 Å². The Labute approximate surface area is 125 Å². The van der Waals surface area contributed by atoms with Crippen LogP contribution in [0.15, 0.2) is 15.9 Å². The number of hydrogen-bond acceptors (Lipinski definition) is 4. The highest BCUT2D eigenvalue weighted by atomic mass is 79.9. The number of nitrogens with zero attached hydrogens (tertiary/aromatic N) is 2. The maximum Gasteiger partial charge on any atom is 0.169 e. The summed E-state index contributed by atoms with van der Waals surface area (Å²) in [5.74, 6) is 1.45. The molecule has 0 bridgehead atoms. The van der Waals surface area contributed by atoms with Gasteiger partial charge < -0.3 is 5.73 Å². The predicted molar refractivity (Wildman–Crippen MR) is 82.4 cm³/mol. The maximum absolute atomic E-state index is 5.79. The first-order chi connectivity index (χ1) is 9.17. The van der Waals surface area contributed by atoms with E-state index in [0.717, 1.165) is 46.7 Å². The molecule has 3 rings (SSSR count). The van der Waals surface area contributed by atoms with Crippen molar-refractivity contribution in [3.05, 3.63) is 32.9 Å². The van der Waals surface area contributed by atoms with E-state index in [4.69, 9.17) is 10.7 Å². The fourth-order valence-corrected chi connectivity index (χ4v) is 3.96. The molecule has 0 fully saturated rings. The average molecular weight is 338 g/mol. The zero-order valence-corrected chi connectivity index (χ0v) is 13.2. The van der Waals surface area contributed by atoms with Crippen LogP contribution in [-0.4, -0.2) is 16.5 Å². The van der Waals surface area contributed by atoms with Crippen molar-refractivity contribution in [3.63, 3.8) is 0 Å². The topological polar surface area (TPSA) is 51.8 Å². The van der Waals surface area contributed by atoms with Gasteiger partial charge in [0.2, 0.25) is 0 Å². The molecule has 0 spiro atoms. The van der Waals surface area contributed by atoms with Crippen LogP contribution in [0.5, 0.6) is 0 Å². The summed E-state index contributed by atoms with van der Waals surface area (Å²) < 4.78 is 1.09. The molecule has 0 radical (unpaired) electrons. The van der Waals surface area contributed by atoms with E-state index in [9.17, 15) is 0 Å². The number of nitrogens with two attached hydrogens (primary N) is 1. The van der Waals surface area contributed by atoms with Crippen molar-refractivity contribution in [3.8, 4) is 10.7 Å². The Bertz CT molecular complexity index is 609. The number of halogens is 1. The SMILES string of the molecule is Cc1nc(-c2cc(Br)cs2)nc2c1CC(CN)CC2. The lowest BCUT2D eigenvalue weighted by atomic mass is 9.86. The molecule has 0 saturated carbocycles. The van der Waals surface area contributed by atoms with Crippen molar-refractivity contribution in [1.29, 1.82) is 0 Å². The van der Waals surface area contributed by atoms with Crippen LogP contribution in [0.2, 0.25) is 0 Å². The third kappa shape index (κ3) is 2.59. The maximum atomic E-state index is 5.79. The van der Waals surface area contributed by atoms with Gasteiger partial charge in [0.15, 0.2) is 5.82 Å². The molecule has 19 heavy (non-hydrogen) atoms. The van der Waals surface area contributed by atoms with Crippen LogP contribution in [0.1, 0.15) is 23.4 Å². The normalized spacial score (nSPS) is 18.4. The van der Waals surface area contributed by atoms with E-state index in [1.807, 2.05) is 0 Å². The highest BCUT2D eigenvalue weighted by Gasteiger charge is 2.22. The number of rotatable bonds is 2. The summed E-state index contributed by atoms with van der Waals surface area (Å²) in [5, 5.41) is 2.07. The Morgan fingerprint density at radius 1 is 1.47 bits per heavy atom. The highest BCUT2D eigenvalue weighted by Crippen LogP contribution is 2.31. The first-order valence-electron chi connectivity index (χ1n) is 6.48. The smallest absolute Gasteiger partial charge is 0.169 e. The number of fused-ring (bicyclic) bond motifs is 1. The lowest BCUT2D eigenvalue weighted by Crippen LogP contribution is -2.24. The van der Waals surface area contributed by atoms with E-state index in [1.54, 1.807) is 11.3 Å². The van der Waals surface area contributed by atoms with Crippen molar-refractivity contribution in [2.45, 2.75) is 26.2 Å². The molecule has 100 valence electrons. The lowest BCUT2D eigenvalue weighted by Gasteiger charge is -2.24. The van der Waals surface area contributed by atoms with Crippen molar-refractivity contribution in [2.75, 3.05) is 6.54 Å². The summed E-state index contributed by atoms with van der Waals surface area (Å²) in [6.45, 7) is 2.85. The van der Waals surface area contributed by atoms with Gasteiger partial charge in [0.25, 0.3) is 0 Å². The first kappa shape index (κ1) is 13.2. The molecular formula is C14H16BrN3S. The second-order valence-corrected chi connectivity index (χ2v) is 6.86. The van der Waals surface area contributed by atoms with Crippen LogP contribution in [0.3, 0.4) is 0 Å². The van der Waals surface area contributed by atoms with Crippen LogP contribution in [0.4, 0.5) is 0 Å². The van der Waals surface area contributed by atoms with Gasteiger partial charge in [-0.3, -0.25) is 0 Å². The van der Waals surface area contributed by atoms with Gasteiger partial charge in [0.05, 0.1) is 4.88 Å². The van der Waals surface area contributed by atoms with Gasteiger partial charge in [0, 0.05) is 21.2 Å². The molecule has 0 amide bonds. The Balaban J connectivity index is 2.01. The van der Waals surface area contributed by atoms with Gasteiger partial charge in [-0.05, 0) is 66.2 Å². The lowest BCUT2D eigenvalue weighted by molar-refractivity contribution is 0.460. The highest BCUT2D eigenvalue weighted by molar-refractivity contribution is 9.10. The number of hydrogen-bond donors (Lipinski definition) is 1. The van der Waals surface area contributed by atoms with Crippen molar-refractivity contribution in [1.82, 2.24) is 9.97 Å². The minimum absolute atomic E-state index is 0.594. The van der Waals surface area contributed by atoms with E-state index in [-0.39, 0.29) is 0 Å². The molecule has 0 aromatic carbocycles. The van der Waals surface area contributed by atoms with Gasteiger partial charge in [-0.25, -0.2) is 9.97 Å². The van der Waals surface area contributed by atoms with Gasteiger partial charge in [0.1, 0.15) is 0 Å². The number of aryl methyl sites for hydroxylation is 2. The van der Waals surface area contributed by atoms with Crippen LogP contribution in [0.25, 0.3) is 10.7 Å². The summed E-state index contributed by atoms with van der Waals surface area (Å²) >= 11 is 5.16. The van der Waals surface area contributed by atoms with E-state index >= 15 is 0 Å². The van der Waals surface area contributed by atoms with Crippen LogP contribution < -0.4 is 5.73 Å². The molecular weight excluding hydrogens is 322 g/mol. The summed E-state index contributed by atoms with van der Waals surface area (Å²) in [4.78, 5) is 10.6. The molecule has 2 aromatic heterocycles. The Morgan fingerprint density at radius 3 is 3.00 bits per heavy atom. The van der Waals surface area contributed by atoms with Crippen LogP contribution in [0, 0.1) is 12.8 Å². The van der Waals surface area contributed by atoms with E-state index in [2.05, 4.69) is 39.3 Å². The number of aromatic nitrogens is 2. The van der Waals surface area contributed by atoms with E-state index in [1.165, 1.54) is 11.3 Å². The minimum atomic E-state index is 0.594. The molecule has 1 aliphatic carbocycles. The summed E-state index contributed by atoms with van der Waals surface area (Å²) in [5.41, 5.74) is 9.44. The zero-order chi connectivity index (χ0) is 13.4. The van der Waals surface area contributed by atoms with Crippen LogP contribution >= 0.6 is 27.3 Å². The summed E-state index contributed by atoms with van der Waals surface area (Å²) in [6, 6.07) is 2.08. The van der Waals surface area contributed by atoms with Gasteiger partial charge in [-0.2, -0.15) is 0 Å². The third-order valence-corrected chi connectivity index (χ3v) is 5.39. The van der Waals surface area contributed by atoms with Crippen molar-refractivity contribution >= 4 is 27.3 Å². The number of thiophene rings is 1. The first-order valence-corrected chi connectivity index (χ1v) is 8.15. The second-order valence-electron chi connectivity index (χ2n) is 5.03.